The third-order valence-corrected chi connectivity index (χ3v) is 10.5. The van der Waals surface area contributed by atoms with E-state index in [1.54, 1.807) is 23.2 Å². The minimum atomic E-state index is -3.36. The Morgan fingerprint density at radius 3 is 2.64 bits per heavy atom. The first-order valence-corrected chi connectivity index (χ1v) is 15.5. The van der Waals surface area contributed by atoms with Crippen molar-refractivity contribution in [3.63, 3.8) is 0 Å². The molecule has 3 aliphatic rings. The first kappa shape index (κ1) is 27.7. The van der Waals surface area contributed by atoms with Gasteiger partial charge in [-0.15, -0.1) is 11.3 Å². The van der Waals surface area contributed by atoms with Crippen LogP contribution in [0.15, 0.2) is 40.5 Å². The highest BCUT2D eigenvalue weighted by atomic mass is 32.2. The molecule has 2 heterocycles. The summed E-state index contributed by atoms with van der Waals surface area (Å²) in [6.45, 7) is 4.87. The molecule has 1 aromatic heterocycles. The molecule has 1 aromatic carbocycles. The zero-order valence-electron chi connectivity index (χ0n) is 21.7. The topological polar surface area (TPSA) is 142 Å². The fourth-order valence-corrected chi connectivity index (χ4v) is 7.41. The lowest BCUT2D eigenvalue weighted by Crippen LogP contribution is -2.50. The van der Waals surface area contributed by atoms with Crippen molar-refractivity contribution in [3.05, 3.63) is 40.9 Å². The van der Waals surface area contributed by atoms with Crippen LogP contribution in [0.5, 0.6) is 0 Å². The molecule has 1 saturated heterocycles. The maximum absolute atomic E-state index is 13.3. The standard InChI is InChI=1S/C26H33N5O6S2/c1-17-14-30(10-11-31(17)16-32)15-21-13-27-26(38-21)28-25(34)24(29-37-20-5-4-19(33)12-20)18-2-6-22(7-3-18)39(35,36)23-8-9-23/h2-3,6-7,13,16-17,19-20,23,33H,4-5,8-12,14-15H2,1H3,(H,27,28,34)/t17-,19+,20?/m0/s1. The number of oxime groups is 1. The summed E-state index contributed by atoms with van der Waals surface area (Å²) in [6, 6.07) is 6.26. The second-order valence-corrected chi connectivity index (χ2v) is 13.8. The van der Waals surface area contributed by atoms with Gasteiger partial charge in [-0.05, 0) is 44.7 Å². The van der Waals surface area contributed by atoms with Crippen molar-refractivity contribution >= 4 is 44.3 Å². The highest BCUT2D eigenvalue weighted by molar-refractivity contribution is 7.92. The number of thiazole rings is 1. The van der Waals surface area contributed by atoms with Crippen LogP contribution in [0.25, 0.3) is 0 Å². The van der Waals surface area contributed by atoms with E-state index in [-0.39, 0.29) is 28.0 Å². The highest BCUT2D eigenvalue weighted by Crippen LogP contribution is 2.33. The lowest BCUT2D eigenvalue weighted by atomic mass is 10.1. The molecule has 2 N–H and O–H groups in total. The molecule has 0 bridgehead atoms. The first-order valence-electron chi connectivity index (χ1n) is 13.2. The molecule has 2 aliphatic carbocycles. The molecule has 3 atom stereocenters. The van der Waals surface area contributed by atoms with Gasteiger partial charge in [0.1, 0.15) is 6.10 Å². The van der Waals surface area contributed by atoms with Crippen LogP contribution in [0.3, 0.4) is 0 Å². The van der Waals surface area contributed by atoms with Crippen LogP contribution in [0.4, 0.5) is 5.13 Å². The van der Waals surface area contributed by atoms with Gasteiger partial charge in [0.15, 0.2) is 20.7 Å². The molecule has 210 valence electrons. The van der Waals surface area contributed by atoms with E-state index in [1.165, 1.54) is 23.5 Å². The Hall–Kier alpha value is -2.87. The number of sulfone groups is 1. The van der Waals surface area contributed by atoms with Gasteiger partial charge in [0, 0.05) is 55.3 Å². The smallest absolute Gasteiger partial charge is 0.280 e. The van der Waals surface area contributed by atoms with Crippen LogP contribution < -0.4 is 5.32 Å². The Morgan fingerprint density at radius 2 is 2.00 bits per heavy atom. The number of benzene rings is 1. The maximum atomic E-state index is 13.3. The van der Waals surface area contributed by atoms with Crippen molar-refractivity contribution in [2.24, 2.45) is 5.16 Å². The Morgan fingerprint density at radius 1 is 1.23 bits per heavy atom. The predicted octanol–water partition coefficient (Wildman–Crippen LogP) is 2.01. The molecular weight excluding hydrogens is 542 g/mol. The van der Waals surface area contributed by atoms with E-state index in [4.69, 9.17) is 4.84 Å². The third kappa shape index (κ3) is 6.65. The molecular formula is C26H33N5O6S2. The Kier molecular flexibility index (Phi) is 8.31. The number of piperazine rings is 1. The third-order valence-electron chi connectivity index (χ3n) is 7.34. The second-order valence-electron chi connectivity index (χ2n) is 10.4. The molecule has 3 fully saturated rings. The summed E-state index contributed by atoms with van der Waals surface area (Å²) in [5.74, 6) is -0.527. The Balaban J connectivity index is 1.28. The van der Waals surface area contributed by atoms with Crippen LogP contribution in [0.2, 0.25) is 0 Å². The van der Waals surface area contributed by atoms with Gasteiger partial charge >= 0.3 is 0 Å². The van der Waals surface area contributed by atoms with E-state index in [2.05, 4.69) is 20.4 Å². The average molecular weight is 576 g/mol. The normalized spacial score (nSPS) is 24.5. The number of rotatable bonds is 10. The van der Waals surface area contributed by atoms with Crippen LogP contribution in [0.1, 0.15) is 49.5 Å². The fraction of sp³-hybridized carbons (Fsp3) is 0.538. The summed E-state index contributed by atoms with van der Waals surface area (Å²) in [7, 11) is -3.36. The van der Waals surface area contributed by atoms with Crippen LogP contribution in [0, 0.1) is 0 Å². The molecule has 2 aromatic rings. The largest absolute Gasteiger partial charge is 0.393 e. The lowest BCUT2D eigenvalue weighted by Gasteiger charge is -2.37. The lowest BCUT2D eigenvalue weighted by molar-refractivity contribution is -0.122. The van der Waals surface area contributed by atoms with Gasteiger partial charge in [-0.3, -0.25) is 19.8 Å². The van der Waals surface area contributed by atoms with Crippen LogP contribution >= 0.6 is 11.3 Å². The van der Waals surface area contributed by atoms with Crippen molar-refractivity contribution in [2.75, 3.05) is 25.0 Å². The van der Waals surface area contributed by atoms with Crippen LogP contribution in [-0.4, -0.2) is 89.5 Å². The highest BCUT2D eigenvalue weighted by Gasteiger charge is 2.37. The van der Waals surface area contributed by atoms with E-state index in [9.17, 15) is 23.1 Å². The number of anilines is 1. The van der Waals surface area contributed by atoms with E-state index in [1.807, 2.05) is 6.92 Å². The Bertz CT molecular complexity index is 1320. The van der Waals surface area contributed by atoms with Crippen molar-refractivity contribution in [1.29, 1.82) is 0 Å². The molecule has 0 radical (unpaired) electrons. The van der Waals surface area contributed by atoms with Crippen molar-refractivity contribution in [1.82, 2.24) is 14.8 Å². The summed E-state index contributed by atoms with van der Waals surface area (Å²) >= 11 is 1.36. The average Bonchev–Trinajstić information content (AvgIpc) is 3.58. The fourth-order valence-electron chi connectivity index (χ4n) is 4.90. The van der Waals surface area contributed by atoms with Gasteiger partial charge in [-0.1, -0.05) is 17.3 Å². The summed E-state index contributed by atoms with van der Waals surface area (Å²) in [6.07, 6.45) is 4.88. The minimum absolute atomic E-state index is 0.00215. The number of amides is 2. The van der Waals surface area contributed by atoms with Gasteiger partial charge in [0.25, 0.3) is 5.91 Å². The van der Waals surface area contributed by atoms with Gasteiger partial charge in [-0.25, -0.2) is 13.4 Å². The molecule has 1 unspecified atom stereocenters. The maximum Gasteiger partial charge on any atom is 0.280 e. The number of hydrogen-bond acceptors (Lipinski definition) is 10. The van der Waals surface area contributed by atoms with Gasteiger partial charge in [0.05, 0.1) is 16.2 Å². The molecule has 39 heavy (non-hydrogen) atoms. The number of nitrogens with zero attached hydrogens (tertiary/aromatic N) is 4. The number of aliphatic hydroxyl groups is 1. The first-order chi connectivity index (χ1) is 18.7. The molecule has 1 aliphatic heterocycles. The second kappa shape index (κ2) is 11.7. The molecule has 2 saturated carbocycles. The van der Waals surface area contributed by atoms with E-state index in [0.717, 1.165) is 24.4 Å². The van der Waals surface area contributed by atoms with Crippen LogP contribution in [-0.2, 0) is 30.8 Å². The zero-order chi connectivity index (χ0) is 27.6. The van der Waals surface area contributed by atoms with Crippen molar-refractivity contribution in [2.45, 2.75) is 74.0 Å². The number of aromatic nitrogens is 1. The molecule has 5 rings (SSSR count). The summed E-state index contributed by atoms with van der Waals surface area (Å²) in [4.78, 5) is 39.7. The van der Waals surface area contributed by atoms with Gasteiger partial charge in [-0.2, -0.15) is 0 Å². The van der Waals surface area contributed by atoms with E-state index < -0.39 is 21.8 Å². The number of nitrogens with one attached hydrogen (secondary N) is 1. The molecule has 11 nitrogen and oxygen atoms in total. The summed E-state index contributed by atoms with van der Waals surface area (Å²) < 4.78 is 25.2. The molecule has 13 heteroatoms. The van der Waals surface area contributed by atoms with Crippen molar-refractivity contribution in [3.8, 4) is 0 Å². The number of aliphatic hydroxyl groups excluding tert-OH is 1. The number of carbonyl (C=O) groups excluding carboxylic acids is 2. The minimum Gasteiger partial charge on any atom is -0.393 e. The summed E-state index contributed by atoms with van der Waals surface area (Å²) in [5.41, 5.74) is 0.418. The number of hydrogen-bond donors (Lipinski definition) is 2. The van der Waals surface area contributed by atoms with E-state index >= 15 is 0 Å². The number of carbonyl (C=O) groups is 2. The van der Waals surface area contributed by atoms with E-state index in [0.29, 0.717) is 55.9 Å². The monoisotopic (exact) mass is 575 g/mol. The molecule has 2 amide bonds. The quantitative estimate of drug-likeness (QED) is 0.249. The summed E-state index contributed by atoms with van der Waals surface area (Å²) in [5, 5.41) is 16.8. The predicted molar refractivity (Wildman–Crippen MR) is 146 cm³/mol. The van der Waals surface area contributed by atoms with Crippen molar-refractivity contribution < 1.29 is 28.0 Å². The van der Waals surface area contributed by atoms with Gasteiger partial charge < -0.3 is 14.8 Å². The Labute approximate surface area is 231 Å². The van der Waals surface area contributed by atoms with Gasteiger partial charge in [0.2, 0.25) is 6.41 Å². The zero-order valence-corrected chi connectivity index (χ0v) is 23.4. The molecule has 0 spiro atoms. The SMILES string of the molecule is C[C@H]1CN(Cc2cnc(NC(=O)C(=NOC3CC[C@@H](O)C3)c3ccc(S(=O)(=O)C4CC4)cc3)s2)CCN1C=O.